The predicted molar refractivity (Wildman–Crippen MR) is 84.2 cm³/mol. The van der Waals surface area contributed by atoms with Crippen molar-refractivity contribution in [1.29, 1.82) is 0 Å². The highest BCUT2D eigenvalue weighted by Gasteiger charge is 2.41. The van der Waals surface area contributed by atoms with Gasteiger partial charge >= 0.3 is 0 Å². The minimum atomic E-state index is -3.82. The molecular weight excluding hydrogens is 370 g/mol. The molecule has 0 saturated carbocycles. The molecule has 3 rings (SSSR count). The topological polar surface area (TPSA) is 63.7 Å². The van der Waals surface area contributed by atoms with E-state index in [0.29, 0.717) is 11.3 Å². The van der Waals surface area contributed by atoms with Gasteiger partial charge in [0.15, 0.2) is 0 Å². The first kappa shape index (κ1) is 15.1. The zero-order chi connectivity index (χ0) is 15.9. The van der Waals surface area contributed by atoms with Crippen molar-refractivity contribution in [2.24, 2.45) is 0 Å². The van der Waals surface area contributed by atoms with E-state index in [1.807, 2.05) is 0 Å². The molecule has 0 aromatic heterocycles. The lowest BCUT2D eigenvalue weighted by molar-refractivity contribution is 0.0864. The highest BCUT2D eigenvalue weighted by Crippen LogP contribution is 2.33. The summed E-state index contributed by atoms with van der Waals surface area (Å²) < 4.78 is 32.0. The van der Waals surface area contributed by atoms with E-state index in [1.165, 1.54) is 19.2 Å². The third kappa shape index (κ3) is 2.30. The molecule has 0 saturated heterocycles. The normalized spacial score (nSPS) is 15.7. The van der Waals surface area contributed by atoms with E-state index >= 15 is 0 Å². The van der Waals surface area contributed by atoms with E-state index in [9.17, 15) is 13.2 Å². The van der Waals surface area contributed by atoms with E-state index < -0.39 is 15.9 Å². The van der Waals surface area contributed by atoms with E-state index in [2.05, 4.69) is 15.9 Å². The fourth-order valence-corrected chi connectivity index (χ4v) is 4.37. The lowest BCUT2D eigenvalue weighted by Crippen LogP contribution is -2.29. The lowest BCUT2D eigenvalue weighted by Gasteiger charge is -2.17. The maximum absolute atomic E-state index is 12.5. The number of ether oxygens (including phenoxy) is 1. The summed E-state index contributed by atoms with van der Waals surface area (Å²) in [6.07, 6.45) is 0. The molecule has 0 bridgehead atoms. The number of benzene rings is 2. The molecule has 0 N–H and O–H groups in total. The van der Waals surface area contributed by atoms with Crippen LogP contribution in [0.1, 0.15) is 15.9 Å². The second-order valence-corrected chi connectivity index (χ2v) is 7.52. The molecule has 1 aliphatic heterocycles. The number of nitrogens with zero attached hydrogens (tertiary/aromatic N) is 1. The molecular formula is C15H12BrNO4S. The summed E-state index contributed by atoms with van der Waals surface area (Å²) in [6.45, 7) is -0.0710. The van der Waals surface area contributed by atoms with Crippen molar-refractivity contribution in [3.05, 3.63) is 58.1 Å². The first-order valence-corrected chi connectivity index (χ1v) is 8.67. The summed E-state index contributed by atoms with van der Waals surface area (Å²) in [4.78, 5) is 12.4. The van der Waals surface area contributed by atoms with Gasteiger partial charge in [-0.05, 0) is 30.3 Å². The Hall–Kier alpha value is -1.86. The average Bonchev–Trinajstić information content (AvgIpc) is 2.69. The summed E-state index contributed by atoms with van der Waals surface area (Å²) in [7, 11) is -2.32. The fraction of sp³-hybridized carbons (Fsp3) is 0.133. The largest absolute Gasteiger partial charge is 0.496 e. The van der Waals surface area contributed by atoms with E-state index in [-0.39, 0.29) is 17.0 Å². The summed E-state index contributed by atoms with van der Waals surface area (Å²) in [5.74, 6) is 0.0137. The van der Waals surface area contributed by atoms with Crippen molar-refractivity contribution in [3.8, 4) is 5.75 Å². The molecule has 0 spiro atoms. The van der Waals surface area contributed by atoms with Gasteiger partial charge in [0.25, 0.3) is 15.9 Å². The minimum absolute atomic E-state index is 0.0500. The maximum Gasteiger partial charge on any atom is 0.269 e. The highest BCUT2D eigenvalue weighted by molar-refractivity contribution is 9.10. The number of hydrogen-bond acceptors (Lipinski definition) is 4. The molecule has 5 nitrogen and oxygen atoms in total. The summed E-state index contributed by atoms with van der Waals surface area (Å²) in [6, 6.07) is 11.5. The van der Waals surface area contributed by atoms with Crippen molar-refractivity contribution in [2.75, 3.05) is 7.11 Å². The fourth-order valence-electron chi connectivity index (χ4n) is 2.41. The Morgan fingerprint density at radius 2 is 1.91 bits per heavy atom. The van der Waals surface area contributed by atoms with Crippen LogP contribution in [-0.4, -0.2) is 25.7 Å². The van der Waals surface area contributed by atoms with Crippen LogP contribution in [-0.2, 0) is 16.6 Å². The van der Waals surface area contributed by atoms with Gasteiger partial charge in [-0.3, -0.25) is 4.79 Å². The molecule has 0 unspecified atom stereocenters. The maximum atomic E-state index is 12.5. The van der Waals surface area contributed by atoms with Gasteiger partial charge in [0, 0.05) is 10.0 Å². The van der Waals surface area contributed by atoms with Gasteiger partial charge in [-0.15, -0.1) is 0 Å². The van der Waals surface area contributed by atoms with Crippen LogP contribution in [0.3, 0.4) is 0 Å². The van der Waals surface area contributed by atoms with Crippen LogP contribution in [0.4, 0.5) is 0 Å². The Bertz CT molecular complexity index is 864. The smallest absolute Gasteiger partial charge is 0.269 e. The first-order chi connectivity index (χ1) is 10.4. The molecule has 2 aromatic carbocycles. The second-order valence-electron chi connectivity index (χ2n) is 4.77. The van der Waals surface area contributed by atoms with Gasteiger partial charge in [0.1, 0.15) is 10.6 Å². The molecule has 1 heterocycles. The summed E-state index contributed by atoms with van der Waals surface area (Å²) in [5.41, 5.74) is 0.818. The zero-order valence-corrected chi connectivity index (χ0v) is 14.0. The van der Waals surface area contributed by atoms with Crippen molar-refractivity contribution in [1.82, 2.24) is 4.31 Å². The SMILES string of the molecule is COc1ccc(Br)cc1CN1C(=O)c2ccccc2S1(=O)=O. The van der Waals surface area contributed by atoms with Gasteiger partial charge in [0.05, 0.1) is 19.2 Å². The van der Waals surface area contributed by atoms with Crippen LogP contribution in [0, 0.1) is 0 Å². The Balaban J connectivity index is 2.05. The third-order valence-corrected chi connectivity index (χ3v) is 5.75. The Morgan fingerprint density at radius 3 is 2.59 bits per heavy atom. The van der Waals surface area contributed by atoms with E-state index in [0.717, 1.165) is 8.78 Å². The molecule has 0 fully saturated rings. The van der Waals surface area contributed by atoms with Crippen LogP contribution in [0.2, 0.25) is 0 Å². The molecule has 0 radical (unpaired) electrons. The second kappa shape index (κ2) is 5.40. The number of sulfonamides is 1. The van der Waals surface area contributed by atoms with Crippen molar-refractivity contribution in [2.45, 2.75) is 11.4 Å². The molecule has 0 atom stereocenters. The van der Waals surface area contributed by atoms with Crippen LogP contribution in [0.15, 0.2) is 51.8 Å². The van der Waals surface area contributed by atoms with Crippen LogP contribution in [0.25, 0.3) is 0 Å². The van der Waals surface area contributed by atoms with Crippen LogP contribution < -0.4 is 4.74 Å². The molecule has 7 heteroatoms. The summed E-state index contributed by atoms with van der Waals surface area (Å²) >= 11 is 3.34. The van der Waals surface area contributed by atoms with E-state index in [4.69, 9.17) is 4.74 Å². The number of amides is 1. The number of fused-ring (bicyclic) bond motifs is 1. The number of rotatable bonds is 3. The Labute approximate surface area is 136 Å². The summed E-state index contributed by atoms with van der Waals surface area (Å²) in [5, 5.41) is 0. The van der Waals surface area contributed by atoms with Crippen LogP contribution >= 0.6 is 15.9 Å². The highest BCUT2D eigenvalue weighted by atomic mass is 79.9. The molecule has 114 valence electrons. The van der Waals surface area contributed by atoms with Gasteiger partial charge in [-0.25, -0.2) is 12.7 Å². The molecule has 0 aliphatic carbocycles. The van der Waals surface area contributed by atoms with Gasteiger partial charge in [-0.1, -0.05) is 28.1 Å². The molecule has 22 heavy (non-hydrogen) atoms. The number of carbonyl (C=O) groups is 1. The minimum Gasteiger partial charge on any atom is -0.496 e. The predicted octanol–water partition coefficient (Wildman–Crippen LogP) is 2.80. The number of methoxy groups -OCH3 is 1. The van der Waals surface area contributed by atoms with Crippen LogP contribution in [0.5, 0.6) is 5.75 Å². The quantitative estimate of drug-likeness (QED) is 0.819. The number of halogens is 1. The number of carbonyl (C=O) groups excluding carboxylic acids is 1. The van der Waals surface area contributed by atoms with Gasteiger partial charge in [0.2, 0.25) is 0 Å². The third-order valence-electron chi connectivity index (χ3n) is 3.47. The monoisotopic (exact) mass is 381 g/mol. The van der Waals surface area contributed by atoms with Crippen molar-refractivity contribution < 1.29 is 17.9 Å². The van der Waals surface area contributed by atoms with Crippen molar-refractivity contribution in [3.63, 3.8) is 0 Å². The Morgan fingerprint density at radius 1 is 1.18 bits per heavy atom. The van der Waals surface area contributed by atoms with E-state index in [1.54, 1.807) is 30.3 Å². The number of hydrogen-bond donors (Lipinski definition) is 0. The standard InChI is InChI=1S/C15H12BrNO4S/c1-21-13-7-6-11(16)8-10(13)9-17-15(18)12-4-2-3-5-14(12)22(17,19)20/h2-8H,9H2,1H3. The average molecular weight is 382 g/mol. The van der Waals surface area contributed by atoms with Gasteiger partial charge in [-0.2, -0.15) is 0 Å². The molecule has 1 aliphatic rings. The molecule has 2 aromatic rings. The Kier molecular flexibility index (Phi) is 3.70. The first-order valence-electron chi connectivity index (χ1n) is 6.43. The van der Waals surface area contributed by atoms with Crippen molar-refractivity contribution >= 4 is 31.9 Å². The zero-order valence-electron chi connectivity index (χ0n) is 11.6. The molecule has 1 amide bonds. The van der Waals surface area contributed by atoms with Gasteiger partial charge < -0.3 is 4.74 Å². The lowest BCUT2D eigenvalue weighted by atomic mass is 10.2.